The summed E-state index contributed by atoms with van der Waals surface area (Å²) in [5.41, 5.74) is 1.70. The van der Waals surface area contributed by atoms with Crippen molar-refractivity contribution in [2.24, 2.45) is 0 Å². The van der Waals surface area contributed by atoms with Crippen molar-refractivity contribution >= 4 is 17.4 Å². The second-order valence-corrected chi connectivity index (χ2v) is 7.29. The molecule has 0 radical (unpaired) electrons. The van der Waals surface area contributed by atoms with Crippen LogP contribution in [0.15, 0.2) is 18.2 Å². The quantitative estimate of drug-likeness (QED) is 0.794. The minimum absolute atomic E-state index is 0.144. The summed E-state index contributed by atoms with van der Waals surface area (Å²) in [6, 6.07) is 5.68. The molecule has 0 aliphatic heterocycles. The van der Waals surface area contributed by atoms with Gasteiger partial charge in [0, 0.05) is 0 Å². The Kier molecular flexibility index (Phi) is 6.08. The highest BCUT2D eigenvalue weighted by molar-refractivity contribution is 7.08. The third kappa shape index (κ3) is 4.15. The lowest BCUT2D eigenvalue weighted by Crippen LogP contribution is -2.26. The molecule has 1 fully saturated rings. The molecule has 1 heterocycles. The van der Waals surface area contributed by atoms with Crippen molar-refractivity contribution in [2.45, 2.75) is 58.1 Å². The fraction of sp³-hybridized carbons (Fsp3) is 0.526. The first-order valence-electron chi connectivity index (χ1n) is 9.09. The molecule has 0 bridgehead atoms. The van der Waals surface area contributed by atoms with Crippen LogP contribution < -0.4 is 14.8 Å². The fourth-order valence-electron chi connectivity index (χ4n) is 3.19. The van der Waals surface area contributed by atoms with Crippen LogP contribution in [-0.4, -0.2) is 28.7 Å². The van der Waals surface area contributed by atoms with Crippen LogP contribution in [0.25, 0.3) is 0 Å². The summed E-state index contributed by atoms with van der Waals surface area (Å²) >= 11 is 1.13. The first kappa shape index (κ1) is 18.6. The number of amides is 1. The predicted octanol–water partition coefficient (Wildman–Crippen LogP) is 3.92. The smallest absolute Gasteiger partial charge is 0.265 e. The van der Waals surface area contributed by atoms with Crippen molar-refractivity contribution in [2.75, 3.05) is 7.11 Å². The van der Waals surface area contributed by atoms with Crippen LogP contribution in [0.3, 0.4) is 0 Å². The van der Waals surface area contributed by atoms with E-state index in [-0.39, 0.29) is 18.1 Å². The number of methoxy groups -OCH3 is 1. The van der Waals surface area contributed by atoms with E-state index < -0.39 is 0 Å². The van der Waals surface area contributed by atoms with Crippen molar-refractivity contribution < 1.29 is 14.3 Å². The Hall–Kier alpha value is -2.15. The van der Waals surface area contributed by atoms with Gasteiger partial charge in [-0.25, -0.2) is 0 Å². The summed E-state index contributed by atoms with van der Waals surface area (Å²) in [7, 11) is 1.64. The van der Waals surface area contributed by atoms with Gasteiger partial charge < -0.3 is 14.8 Å². The number of carbonyl (C=O) groups is 1. The van der Waals surface area contributed by atoms with Gasteiger partial charge in [-0.2, -0.15) is 0 Å². The van der Waals surface area contributed by atoms with Gasteiger partial charge >= 0.3 is 0 Å². The molecule has 1 aliphatic rings. The Morgan fingerprint density at radius 2 is 2.12 bits per heavy atom. The topological polar surface area (TPSA) is 73.3 Å². The summed E-state index contributed by atoms with van der Waals surface area (Å²) in [5.74, 6) is 1.32. The van der Waals surface area contributed by atoms with Gasteiger partial charge in [0.15, 0.2) is 11.5 Å². The highest BCUT2D eigenvalue weighted by Gasteiger charge is 2.21. The molecular formula is C19H25N3O3S. The third-order valence-corrected chi connectivity index (χ3v) is 5.49. The van der Waals surface area contributed by atoms with Gasteiger partial charge in [-0.1, -0.05) is 17.5 Å². The summed E-state index contributed by atoms with van der Waals surface area (Å²) in [6.07, 6.45) is 5.60. The highest BCUT2D eigenvalue weighted by Crippen LogP contribution is 2.33. The van der Waals surface area contributed by atoms with E-state index in [1.54, 1.807) is 7.11 Å². The van der Waals surface area contributed by atoms with E-state index >= 15 is 0 Å². The Bertz CT molecular complexity index is 756. The number of ether oxygens (including phenoxy) is 2. The molecule has 0 saturated heterocycles. The molecule has 0 unspecified atom stereocenters. The van der Waals surface area contributed by atoms with Gasteiger partial charge in [0.05, 0.1) is 24.9 Å². The van der Waals surface area contributed by atoms with Crippen molar-refractivity contribution in [1.29, 1.82) is 0 Å². The zero-order valence-electron chi connectivity index (χ0n) is 15.4. The maximum absolute atomic E-state index is 12.5. The molecular weight excluding hydrogens is 350 g/mol. The average molecular weight is 375 g/mol. The molecule has 1 saturated carbocycles. The maximum Gasteiger partial charge on any atom is 0.265 e. The lowest BCUT2D eigenvalue weighted by atomic mass is 10.1. The number of aromatic nitrogens is 2. The molecule has 6 nitrogen and oxygen atoms in total. The molecule has 1 aromatic heterocycles. The molecule has 0 spiro atoms. The van der Waals surface area contributed by atoms with Gasteiger partial charge in [0.2, 0.25) is 0 Å². The zero-order chi connectivity index (χ0) is 18.5. The molecule has 1 aliphatic carbocycles. The van der Waals surface area contributed by atoms with Gasteiger partial charge in [0.25, 0.3) is 5.91 Å². The van der Waals surface area contributed by atoms with Crippen LogP contribution in [0.2, 0.25) is 0 Å². The number of hydrogen-bond donors (Lipinski definition) is 1. The van der Waals surface area contributed by atoms with Crippen LogP contribution >= 0.6 is 11.5 Å². The zero-order valence-corrected chi connectivity index (χ0v) is 16.3. The molecule has 3 rings (SSSR count). The maximum atomic E-state index is 12.5. The number of aryl methyl sites for hydroxylation is 1. The Morgan fingerprint density at radius 3 is 2.81 bits per heavy atom. The molecule has 1 N–H and O–H groups in total. The second-order valence-electron chi connectivity index (χ2n) is 6.53. The van der Waals surface area contributed by atoms with Crippen molar-refractivity contribution in [3.05, 3.63) is 34.3 Å². The van der Waals surface area contributed by atoms with Gasteiger partial charge in [-0.3, -0.25) is 4.79 Å². The normalized spacial score (nSPS) is 15.7. The molecule has 7 heteroatoms. The van der Waals surface area contributed by atoms with Crippen LogP contribution in [0, 0.1) is 0 Å². The molecule has 1 aromatic carbocycles. The monoisotopic (exact) mass is 375 g/mol. The van der Waals surface area contributed by atoms with Crippen LogP contribution in [0.5, 0.6) is 11.5 Å². The summed E-state index contributed by atoms with van der Waals surface area (Å²) in [4.78, 5) is 13.1. The van der Waals surface area contributed by atoms with Gasteiger partial charge in [-0.05, 0) is 68.3 Å². The SMILES string of the molecule is CCc1nnsc1C(=O)N[C@@H](C)c1ccc(OC2CCCC2)c(OC)c1. The van der Waals surface area contributed by atoms with E-state index in [0.29, 0.717) is 17.0 Å². The number of nitrogens with zero attached hydrogens (tertiary/aromatic N) is 2. The number of hydrogen-bond acceptors (Lipinski definition) is 6. The fourth-order valence-corrected chi connectivity index (χ4v) is 3.85. The minimum Gasteiger partial charge on any atom is -0.493 e. The standard InChI is InChI=1S/C19H25N3O3S/c1-4-15-18(26-22-21-15)19(23)20-12(2)13-9-10-16(17(11-13)24-3)25-14-7-5-6-8-14/h9-12,14H,4-8H2,1-3H3,(H,20,23)/t12-/m0/s1. The van der Waals surface area contributed by atoms with Crippen molar-refractivity contribution in [1.82, 2.24) is 14.9 Å². The molecule has 1 amide bonds. The second kappa shape index (κ2) is 8.49. The summed E-state index contributed by atoms with van der Waals surface area (Å²) in [5, 5.41) is 7.01. The first-order chi connectivity index (χ1) is 12.6. The average Bonchev–Trinajstić information content (AvgIpc) is 3.33. The lowest BCUT2D eigenvalue weighted by molar-refractivity contribution is 0.0943. The summed E-state index contributed by atoms with van der Waals surface area (Å²) < 4.78 is 15.5. The number of nitrogens with one attached hydrogen (secondary N) is 1. The van der Waals surface area contributed by atoms with Crippen LogP contribution in [0.1, 0.15) is 66.5 Å². The third-order valence-electron chi connectivity index (χ3n) is 4.73. The van der Waals surface area contributed by atoms with Crippen LogP contribution in [-0.2, 0) is 6.42 Å². The molecule has 26 heavy (non-hydrogen) atoms. The van der Waals surface area contributed by atoms with Gasteiger partial charge in [0.1, 0.15) is 4.88 Å². The van der Waals surface area contributed by atoms with E-state index in [1.807, 2.05) is 32.0 Å². The van der Waals surface area contributed by atoms with E-state index in [9.17, 15) is 4.79 Å². The van der Waals surface area contributed by atoms with Crippen LogP contribution in [0.4, 0.5) is 0 Å². The predicted molar refractivity (Wildman–Crippen MR) is 101 cm³/mol. The Balaban J connectivity index is 1.70. The highest BCUT2D eigenvalue weighted by atomic mass is 32.1. The van der Waals surface area contributed by atoms with Crippen molar-refractivity contribution in [3.8, 4) is 11.5 Å². The Morgan fingerprint density at radius 1 is 1.35 bits per heavy atom. The first-order valence-corrected chi connectivity index (χ1v) is 9.86. The van der Waals surface area contributed by atoms with E-state index in [1.165, 1.54) is 12.8 Å². The lowest BCUT2D eigenvalue weighted by Gasteiger charge is -2.19. The van der Waals surface area contributed by atoms with Gasteiger partial charge in [-0.15, -0.1) is 5.10 Å². The summed E-state index contributed by atoms with van der Waals surface area (Å²) in [6.45, 7) is 3.91. The van der Waals surface area contributed by atoms with Crippen molar-refractivity contribution in [3.63, 3.8) is 0 Å². The number of carbonyl (C=O) groups excluding carboxylic acids is 1. The number of rotatable bonds is 7. The molecule has 2 aromatic rings. The molecule has 140 valence electrons. The van der Waals surface area contributed by atoms with E-state index in [0.717, 1.165) is 41.4 Å². The Labute approximate surface area is 158 Å². The van der Waals surface area contributed by atoms with E-state index in [4.69, 9.17) is 9.47 Å². The number of benzene rings is 1. The largest absolute Gasteiger partial charge is 0.493 e. The molecule has 1 atom stereocenters. The van der Waals surface area contributed by atoms with E-state index in [2.05, 4.69) is 14.9 Å². The minimum atomic E-state index is -0.163.